The topological polar surface area (TPSA) is 0 Å². The van der Waals surface area contributed by atoms with Crippen molar-refractivity contribution in [2.45, 2.75) is 149 Å². The molecular weight excluding hydrogens is 311 g/mol. The molecule has 0 spiro atoms. The average Bonchev–Trinajstić information content (AvgIpc) is 2.65. The quantitative estimate of drug-likeness (QED) is 0.130. The summed E-state index contributed by atoms with van der Waals surface area (Å²) in [6.45, 7) is 9.25. The van der Waals surface area contributed by atoms with Crippen molar-refractivity contribution in [1.82, 2.24) is 0 Å². The smallest absolute Gasteiger partial charge is 0.0708 e. The zero-order valence-corrected chi connectivity index (χ0v) is 19.0. The van der Waals surface area contributed by atoms with Crippen molar-refractivity contribution in [3.05, 3.63) is 0 Å². The third kappa shape index (κ3) is 14.8. The Labute approximate surface area is 167 Å². The SMILES string of the molecule is CCCCCC#C[B-](CCCCCC)(CCCCCC)CCCCCC. The number of hydrogen-bond donors (Lipinski definition) is 0. The second kappa shape index (κ2) is 19.4. The molecule has 0 aliphatic carbocycles. The van der Waals surface area contributed by atoms with Crippen molar-refractivity contribution in [2.24, 2.45) is 0 Å². The second-order valence-electron chi connectivity index (χ2n) is 8.80. The molecule has 1 heteroatoms. The maximum absolute atomic E-state index is 3.94. The molecule has 154 valence electrons. The lowest BCUT2D eigenvalue weighted by molar-refractivity contribution is 0.668. The summed E-state index contributed by atoms with van der Waals surface area (Å²) in [4.78, 5) is 0. The van der Waals surface area contributed by atoms with E-state index in [2.05, 4.69) is 39.4 Å². The van der Waals surface area contributed by atoms with Gasteiger partial charge in [0.15, 0.2) is 0 Å². The third-order valence-electron chi connectivity index (χ3n) is 6.14. The van der Waals surface area contributed by atoms with Crippen molar-refractivity contribution in [3.8, 4) is 11.7 Å². The van der Waals surface area contributed by atoms with Gasteiger partial charge >= 0.3 is 0 Å². The maximum Gasteiger partial charge on any atom is 0.0708 e. The first-order chi connectivity index (χ1) is 12.7. The van der Waals surface area contributed by atoms with Gasteiger partial charge in [0.2, 0.25) is 0 Å². The van der Waals surface area contributed by atoms with Crippen LogP contribution in [0, 0.1) is 11.7 Å². The third-order valence-corrected chi connectivity index (χ3v) is 6.14. The van der Waals surface area contributed by atoms with E-state index in [1.165, 1.54) is 115 Å². The molecule has 0 bridgehead atoms. The van der Waals surface area contributed by atoms with Crippen LogP contribution in [-0.2, 0) is 0 Å². The largest absolute Gasteiger partial charge is 0.315 e. The Balaban J connectivity index is 4.84. The summed E-state index contributed by atoms with van der Waals surface area (Å²) >= 11 is 0. The van der Waals surface area contributed by atoms with Crippen molar-refractivity contribution >= 4 is 6.15 Å². The van der Waals surface area contributed by atoms with Crippen molar-refractivity contribution in [3.63, 3.8) is 0 Å². The van der Waals surface area contributed by atoms with Crippen LogP contribution in [-0.4, -0.2) is 6.15 Å². The summed E-state index contributed by atoms with van der Waals surface area (Å²) < 4.78 is 0. The molecule has 0 saturated heterocycles. The first kappa shape index (κ1) is 25.6. The van der Waals surface area contributed by atoms with Gasteiger partial charge < -0.3 is 5.82 Å². The fourth-order valence-electron chi connectivity index (χ4n) is 4.29. The summed E-state index contributed by atoms with van der Waals surface area (Å²) in [5.74, 6) is 7.60. The molecule has 0 amide bonds. The van der Waals surface area contributed by atoms with E-state index >= 15 is 0 Å². The molecular formula is C25H50B-. The van der Waals surface area contributed by atoms with Crippen LogP contribution in [0.3, 0.4) is 0 Å². The predicted octanol–water partition coefficient (Wildman–Crippen LogP) is 9.30. The van der Waals surface area contributed by atoms with Crippen molar-refractivity contribution < 1.29 is 0 Å². The van der Waals surface area contributed by atoms with Gasteiger partial charge in [-0.15, -0.1) is 0 Å². The van der Waals surface area contributed by atoms with E-state index in [9.17, 15) is 0 Å². The van der Waals surface area contributed by atoms with Crippen LogP contribution >= 0.6 is 0 Å². The van der Waals surface area contributed by atoms with Crippen molar-refractivity contribution in [1.29, 1.82) is 0 Å². The number of rotatable bonds is 18. The molecule has 26 heavy (non-hydrogen) atoms. The van der Waals surface area contributed by atoms with E-state index in [0.717, 1.165) is 6.42 Å². The molecule has 0 atom stereocenters. The molecule has 0 aliphatic heterocycles. The zero-order chi connectivity index (χ0) is 19.3. The molecule has 0 N–H and O–H groups in total. The highest BCUT2D eigenvalue weighted by atomic mass is 14.0. The van der Waals surface area contributed by atoms with Crippen LogP contribution in [0.4, 0.5) is 0 Å². The standard InChI is InChI=1S/C25H50B/c1-5-9-13-17-21-25-26(22-18-14-10-6-2,23-19-15-11-7-3)24-20-16-12-8-4/h5-20,22-24H2,1-4H3/q-1. The van der Waals surface area contributed by atoms with E-state index < -0.39 is 6.15 Å². The van der Waals surface area contributed by atoms with Gasteiger partial charge in [-0.25, -0.2) is 0 Å². The summed E-state index contributed by atoms with van der Waals surface area (Å²) in [6, 6.07) is 0. The van der Waals surface area contributed by atoms with Crippen LogP contribution in [0.25, 0.3) is 0 Å². The molecule has 0 nitrogen and oxygen atoms in total. The summed E-state index contributed by atoms with van der Waals surface area (Å²) in [7, 11) is 0. The Morgan fingerprint density at radius 3 is 1.23 bits per heavy atom. The molecule has 0 radical (unpaired) electrons. The number of hydrogen-bond acceptors (Lipinski definition) is 0. The molecule has 0 aromatic rings. The summed E-state index contributed by atoms with van der Waals surface area (Å²) in [6.07, 6.45) is 25.7. The van der Waals surface area contributed by atoms with Crippen molar-refractivity contribution in [2.75, 3.05) is 0 Å². The Bertz CT molecular complexity index is 305. The summed E-state index contributed by atoms with van der Waals surface area (Å²) in [5.41, 5.74) is 0. The van der Waals surface area contributed by atoms with Crippen LogP contribution in [0.5, 0.6) is 0 Å². The van der Waals surface area contributed by atoms with E-state index in [4.69, 9.17) is 0 Å². The highest BCUT2D eigenvalue weighted by Crippen LogP contribution is 2.29. The van der Waals surface area contributed by atoms with Gasteiger partial charge in [0.25, 0.3) is 0 Å². The van der Waals surface area contributed by atoms with E-state index in [0.29, 0.717) is 0 Å². The van der Waals surface area contributed by atoms with Gasteiger partial charge in [-0.05, 0) is 6.42 Å². The lowest BCUT2D eigenvalue weighted by Gasteiger charge is -2.35. The fraction of sp³-hybridized carbons (Fsp3) is 0.920. The fourth-order valence-corrected chi connectivity index (χ4v) is 4.29. The van der Waals surface area contributed by atoms with Gasteiger partial charge in [-0.3, -0.25) is 0 Å². The Morgan fingerprint density at radius 1 is 0.462 bits per heavy atom. The molecule has 0 aliphatic rings. The molecule has 0 aromatic heterocycles. The van der Waals surface area contributed by atoms with Crippen LogP contribution in [0.2, 0.25) is 19.0 Å². The van der Waals surface area contributed by atoms with Gasteiger partial charge in [-0.1, -0.05) is 118 Å². The predicted molar refractivity (Wildman–Crippen MR) is 125 cm³/mol. The Kier molecular flexibility index (Phi) is 19.1. The van der Waals surface area contributed by atoms with E-state index in [-0.39, 0.29) is 0 Å². The zero-order valence-electron chi connectivity index (χ0n) is 19.0. The van der Waals surface area contributed by atoms with Gasteiger partial charge in [-0.2, -0.15) is 24.9 Å². The highest BCUT2D eigenvalue weighted by molar-refractivity contribution is 6.87. The minimum absolute atomic E-state index is 0.431. The molecule has 0 aromatic carbocycles. The minimum Gasteiger partial charge on any atom is -0.315 e. The normalized spacial score (nSPS) is 11.4. The summed E-state index contributed by atoms with van der Waals surface area (Å²) in [5, 5.41) is 0. The Morgan fingerprint density at radius 2 is 0.846 bits per heavy atom. The minimum atomic E-state index is -0.431. The lowest BCUT2D eigenvalue weighted by Crippen LogP contribution is -2.32. The van der Waals surface area contributed by atoms with E-state index in [1.807, 2.05) is 0 Å². The average molecular weight is 361 g/mol. The monoisotopic (exact) mass is 361 g/mol. The van der Waals surface area contributed by atoms with Crippen LogP contribution < -0.4 is 0 Å². The molecule has 0 heterocycles. The first-order valence-corrected chi connectivity index (χ1v) is 12.4. The molecule has 0 unspecified atom stereocenters. The highest BCUT2D eigenvalue weighted by Gasteiger charge is 2.21. The van der Waals surface area contributed by atoms with Gasteiger partial charge in [0.1, 0.15) is 0 Å². The second-order valence-corrected chi connectivity index (χ2v) is 8.80. The van der Waals surface area contributed by atoms with Crippen LogP contribution in [0.15, 0.2) is 0 Å². The van der Waals surface area contributed by atoms with Crippen LogP contribution in [0.1, 0.15) is 130 Å². The number of unbranched alkanes of at least 4 members (excludes halogenated alkanes) is 12. The first-order valence-electron chi connectivity index (χ1n) is 12.4. The molecule has 0 rings (SSSR count). The maximum atomic E-state index is 3.94. The molecule has 0 fully saturated rings. The van der Waals surface area contributed by atoms with E-state index in [1.54, 1.807) is 0 Å². The molecule has 0 saturated carbocycles. The van der Waals surface area contributed by atoms with Gasteiger partial charge in [0, 0.05) is 6.42 Å². The lowest BCUT2D eigenvalue weighted by atomic mass is 9.19. The van der Waals surface area contributed by atoms with Gasteiger partial charge in [0.05, 0.1) is 6.15 Å². The Hall–Kier alpha value is -0.375.